The number of halogens is 1. The lowest BCUT2D eigenvalue weighted by Crippen LogP contribution is -2.14. The molecular weight excluding hydrogens is 247 g/mol. The average Bonchev–Trinajstić information content (AvgIpc) is 2.90. The standard InChI is InChI=1S/C13H9FN4O/c14-10-7-17-12(11-9(10)3-5-16-11)13(19)18-8-2-1-4-15-6-8/h1-7,16H,(H,18,19). The second-order valence-corrected chi connectivity index (χ2v) is 3.92. The number of carbonyl (C=O) groups is 1. The van der Waals surface area contributed by atoms with E-state index in [4.69, 9.17) is 0 Å². The number of carbonyl (C=O) groups excluding carboxylic acids is 1. The van der Waals surface area contributed by atoms with Crippen LogP contribution in [-0.4, -0.2) is 20.9 Å². The van der Waals surface area contributed by atoms with E-state index < -0.39 is 11.7 Å². The van der Waals surface area contributed by atoms with Crippen LogP contribution in [-0.2, 0) is 0 Å². The predicted molar refractivity (Wildman–Crippen MR) is 68.2 cm³/mol. The van der Waals surface area contributed by atoms with Gasteiger partial charge in [0.2, 0.25) is 0 Å². The lowest BCUT2D eigenvalue weighted by atomic mass is 10.2. The zero-order valence-electron chi connectivity index (χ0n) is 9.72. The van der Waals surface area contributed by atoms with Gasteiger partial charge in [0.25, 0.3) is 5.91 Å². The van der Waals surface area contributed by atoms with Gasteiger partial charge in [-0.3, -0.25) is 9.78 Å². The summed E-state index contributed by atoms with van der Waals surface area (Å²) < 4.78 is 13.5. The summed E-state index contributed by atoms with van der Waals surface area (Å²) in [6.07, 6.45) is 5.73. The van der Waals surface area contributed by atoms with Crippen molar-refractivity contribution in [3.05, 3.63) is 54.5 Å². The molecule has 0 spiro atoms. The van der Waals surface area contributed by atoms with Crippen molar-refractivity contribution in [2.75, 3.05) is 5.32 Å². The predicted octanol–water partition coefficient (Wildman–Crippen LogP) is 2.35. The third kappa shape index (κ3) is 2.03. The lowest BCUT2D eigenvalue weighted by Gasteiger charge is -2.05. The van der Waals surface area contributed by atoms with E-state index in [-0.39, 0.29) is 5.69 Å². The molecule has 0 unspecified atom stereocenters. The Morgan fingerprint density at radius 3 is 3.00 bits per heavy atom. The summed E-state index contributed by atoms with van der Waals surface area (Å²) in [4.78, 5) is 22.6. The lowest BCUT2D eigenvalue weighted by molar-refractivity contribution is 0.102. The molecule has 5 nitrogen and oxygen atoms in total. The molecule has 0 aliphatic carbocycles. The molecule has 2 N–H and O–H groups in total. The topological polar surface area (TPSA) is 70.7 Å². The van der Waals surface area contributed by atoms with Crippen LogP contribution in [0, 0.1) is 5.82 Å². The molecule has 0 aliphatic heterocycles. The van der Waals surface area contributed by atoms with Crippen LogP contribution < -0.4 is 5.32 Å². The summed E-state index contributed by atoms with van der Waals surface area (Å²) in [7, 11) is 0. The van der Waals surface area contributed by atoms with Crippen LogP contribution in [0.25, 0.3) is 10.9 Å². The molecule has 19 heavy (non-hydrogen) atoms. The van der Waals surface area contributed by atoms with E-state index in [2.05, 4.69) is 20.3 Å². The minimum absolute atomic E-state index is 0.144. The Bertz CT molecular complexity index is 739. The molecule has 1 amide bonds. The second kappa shape index (κ2) is 4.49. The molecule has 6 heteroatoms. The van der Waals surface area contributed by atoms with E-state index in [1.54, 1.807) is 30.6 Å². The monoisotopic (exact) mass is 256 g/mol. The number of amides is 1. The fraction of sp³-hybridized carbons (Fsp3) is 0. The minimum atomic E-state index is -0.464. The fourth-order valence-corrected chi connectivity index (χ4v) is 1.82. The van der Waals surface area contributed by atoms with Gasteiger partial charge in [-0.25, -0.2) is 9.37 Å². The maximum Gasteiger partial charge on any atom is 0.276 e. The number of H-pyrrole nitrogens is 1. The number of fused-ring (bicyclic) bond motifs is 1. The number of aromatic nitrogens is 3. The summed E-state index contributed by atoms with van der Waals surface area (Å²) in [5.74, 6) is -0.880. The Morgan fingerprint density at radius 1 is 1.32 bits per heavy atom. The molecule has 0 aliphatic rings. The average molecular weight is 256 g/mol. The van der Waals surface area contributed by atoms with Crippen molar-refractivity contribution in [1.82, 2.24) is 15.0 Å². The first-order chi connectivity index (χ1) is 9.25. The molecular formula is C13H9FN4O. The third-order valence-electron chi connectivity index (χ3n) is 2.68. The molecule has 0 saturated heterocycles. The largest absolute Gasteiger partial charge is 0.359 e. The van der Waals surface area contributed by atoms with Gasteiger partial charge in [0, 0.05) is 17.8 Å². The van der Waals surface area contributed by atoms with Crippen molar-refractivity contribution >= 4 is 22.5 Å². The van der Waals surface area contributed by atoms with Crippen LogP contribution in [0.15, 0.2) is 43.0 Å². The van der Waals surface area contributed by atoms with Crippen molar-refractivity contribution in [2.45, 2.75) is 0 Å². The summed E-state index contributed by atoms with van der Waals surface area (Å²) in [5.41, 5.74) is 1.07. The van der Waals surface area contributed by atoms with Crippen LogP contribution in [0.2, 0.25) is 0 Å². The highest BCUT2D eigenvalue weighted by Crippen LogP contribution is 2.19. The van der Waals surface area contributed by atoms with E-state index in [1.807, 2.05) is 0 Å². The van der Waals surface area contributed by atoms with Gasteiger partial charge in [0.05, 0.1) is 23.6 Å². The summed E-state index contributed by atoms with van der Waals surface area (Å²) in [6.45, 7) is 0. The Balaban J connectivity index is 1.98. The van der Waals surface area contributed by atoms with Gasteiger partial charge < -0.3 is 10.3 Å². The third-order valence-corrected chi connectivity index (χ3v) is 2.68. The second-order valence-electron chi connectivity index (χ2n) is 3.92. The minimum Gasteiger partial charge on any atom is -0.359 e. The van der Waals surface area contributed by atoms with E-state index >= 15 is 0 Å². The molecule has 3 rings (SSSR count). The van der Waals surface area contributed by atoms with Gasteiger partial charge in [-0.05, 0) is 18.2 Å². The van der Waals surface area contributed by atoms with Crippen LogP contribution in [0.3, 0.4) is 0 Å². The number of nitrogens with one attached hydrogen (secondary N) is 2. The molecule has 3 aromatic rings. The Hall–Kier alpha value is -2.76. The van der Waals surface area contributed by atoms with Crippen molar-refractivity contribution in [1.29, 1.82) is 0 Å². The molecule has 3 heterocycles. The van der Waals surface area contributed by atoms with Gasteiger partial charge in [0.1, 0.15) is 0 Å². The quantitative estimate of drug-likeness (QED) is 0.739. The maximum absolute atomic E-state index is 13.5. The number of pyridine rings is 2. The number of hydrogen-bond acceptors (Lipinski definition) is 3. The molecule has 0 fully saturated rings. The van der Waals surface area contributed by atoms with Crippen molar-refractivity contribution in [2.24, 2.45) is 0 Å². The zero-order valence-corrected chi connectivity index (χ0v) is 9.72. The van der Waals surface area contributed by atoms with Crippen molar-refractivity contribution in [3.8, 4) is 0 Å². The molecule has 0 atom stereocenters. The smallest absolute Gasteiger partial charge is 0.276 e. The zero-order chi connectivity index (χ0) is 13.2. The number of anilines is 1. The van der Waals surface area contributed by atoms with E-state index in [1.165, 1.54) is 6.20 Å². The van der Waals surface area contributed by atoms with Crippen molar-refractivity contribution in [3.63, 3.8) is 0 Å². The first-order valence-electron chi connectivity index (χ1n) is 5.58. The first kappa shape index (κ1) is 11.3. The Morgan fingerprint density at radius 2 is 2.21 bits per heavy atom. The van der Waals surface area contributed by atoms with Gasteiger partial charge in [-0.1, -0.05) is 0 Å². The van der Waals surface area contributed by atoms with Gasteiger partial charge in [0.15, 0.2) is 11.5 Å². The van der Waals surface area contributed by atoms with E-state index in [9.17, 15) is 9.18 Å². The SMILES string of the molecule is O=C(Nc1cccnc1)c1ncc(F)c2cc[nH]c12. The summed E-state index contributed by atoms with van der Waals surface area (Å²) in [6, 6.07) is 4.98. The highest BCUT2D eigenvalue weighted by Gasteiger charge is 2.15. The van der Waals surface area contributed by atoms with Crippen LogP contribution in [0.5, 0.6) is 0 Å². The van der Waals surface area contributed by atoms with Crippen LogP contribution in [0.4, 0.5) is 10.1 Å². The van der Waals surface area contributed by atoms with E-state index in [0.717, 1.165) is 6.20 Å². The van der Waals surface area contributed by atoms with Gasteiger partial charge in [-0.15, -0.1) is 0 Å². The normalized spacial score (nSPS) is 10.6. The van der Waals surface area contributed by atoms with Crippen LogP contribution >= 0.6 is 0 Å². The first-order valence-corrected chi connectivity index (χ1v) is 5.58. The highest BCUT2D eigenvalue weighted by molar-refractivity contribution is 6.10. The van der Waals surface area contributed by atoms with Crippen molar-refractivity contribution < 1.29 is 9.18 Å². The molecule has 0 radical (unpaired) electrons. The van der Waals surface area contributed by atoms with Gasteiger partial charge >= 0.3 is 0 Å². The van der Waals surface area contributed by atoms with Gasteiger partial charge in [-0.2, -0.15) is 0 Å². The number of aromatic amines is 1. The highest BCUT2D eigenvalue weighted by atomic mass is 19.1. The molecule has 0 saturated carbocycles. The molecule has 94 valence electrons. The number of nitrogens with zero attached hydrogens (tertiary/aromatic N) is 2. The van der Waals surface area contributed by atoms with Crippen LogP contribution in [0.1, 0.15) is 10.5 Å². The molecule has 3 aromatic heterocycles. The van der Waals surface area contributed by atoms with E-state index in [0.29, 0.717) is 16.6 Å². The summed E-state index contributed by atoms with van der Waals surface area (Å²) in [5, 5.41) is 2.99. The number of hydrogen-bond donors (Lipinski definition) is 2. The maximum atomic E-state index is 13.5. The number of rotatable bonds is 2. The fourth-order valence-electron chi connectivity index (χ4n) is 1.82. The summed E-state index contributed by atoms with van der Waals surface area (Å²) >= 11 is 0. The molecule has 0 aromatic carbocycles. The Kier molecular flexibility index (Phi) is 2.68. The molecule has 0 bridgehead atoms. The Labute approximate surface area is 107 Å².